The third-order valence-electron chi connectivity index (χ3n) is 3.37. The van der Waals surface area contributed by atoms with E-state index in [2.05, 4.69) is 9.88 Å². The van der Waals surface area contributed by atoms with Gasteiger partial charge in [-0.05, 0) is 37.9 Å². The van der Waals surface area contributed by atoms with Gasteiger partial charge >= 0.3 is 5.97 Å². The minimum atomic E-state index is -0.978. The number of ether oxygens (including phenoxy) is 1. The van der Waals surface area contributed by atoms with E-state index in [-0.39, 0.29) is 5.69 Å². The highest BCUT2D eigenvalue weighted by Gasteiger charge is 2.16. The van der Waals surface area contributed by atoms with Gasteiger partial charge in [0.15, 0.2) is 0 Å². The van der Waals surface area contributed by atoms with Crippen molar-refractivity contribution < 1.29 is 14.6 Å². The van der Waals surface area contributed by atoms with Crippen LogP contribution in [0.2, 0.25) is 0 Å². The smallest absolute Gasteiger partial charge is 0.354 e. The van der Waals surface area contributed by atoms with Crippen molar-refractivity contribution >= 4 is 5.97 Å². The Labute approximate surface area is 113 Å². The van der Waals surface area contributed by atoms with E-state index < -0.39 is 5.97 Å². The van der Waals surface area contributed by atoms with Gasteiger partial charge in [0.25, 0.3) is 0 Å². The number of carbonyl (C=O) groups is 1. The first kappa shape index (κ1) is 14.0. The Morgan fingerprint density at radius 3 is 2.89 bits per heavy atom. The van der Waals surface area contributed by atoms with Crippen molar-refractivity contribution in [2.75, 3.05) is 26.8 Å². The molecule has 0 atom stereocenters. The van der Waals surface area contributed by atoms with E-state index in [0.717, 1.165) is 38.3 Å². The van der Waals surface area contributed by atoms with Gasteiger partial charge in [-0.1, -0.05) is 6.07 Å². The molecule has 0 amide bonds. The predicted molar refractivity (Wildman–Crippen MR) is 71.1 cm³/mol. The maximum absolute atomic E-state index is 10.9. The second-order valence-electron chi connectivity index (χ2n) is 5.07. The zero-order valence-electron chi connectivity index (χ0n) is 11.2. The third kappa shape index (κ3) is 4.29. The zero-order chi connectivity index (χ0) is 13.7. The lowest BCUT2D eigenvalue weighted by Gasteiger charge is -2.26. The van der Waals surface area contributed by atoms with E-state index >= 15 is 0 Å². The van der Waals surface area contributed by atoms with Crippen LogP contribution in [0.25, 0.3) is 0 Å². The normalized spacial score (nSPS) is 16.7. The molecule has 5 heteroatoms. The molecule has 0 aromatic carbocycles. The SMILES string of the molecule is CN(Cc1cccc(C(=O)O)n1)CC1CCOCC1. The molecule has 0 saturated carbocycles. The second kappa shape index (κ2) is 6.63. The van der Waals surface area contributed by atoms with Gasteiger partial charge in [0, 0.05) is 26.3 Å². The van der Waals surface area contributed by atoms with Crippen molar-refractivity contribution in [1.29, 1.82) is 0 Å². The second-order valence-corrected chi connectivity index (χ2v) is 5.07. The Hall–Kier alpha value is -1.46. The van der Waals surface area contributed by atoms with Gasteiger partial charge < -0.3 is 14.7 Å². The summed E-state index contributed by atoms with van der Waals surface area (Å²) in [5, 5.41) is 8.91. The fourth-order valence-electron chi connectivity index (χ4n) is 2.40. The molecule has 1 aromatic rings. The lowest BCUT2D eigenvalue weighted by Crippen LogP contribution is -2.29. The zero-order valence-corrected chi connectivity index (χ0v) is 11.2. The summed E-state index contributed by atoms with van der Waals surface area (Å²) in [6.45, 7) is 3.39. The number of carboxylic acid groups (broad SMARTS) is 1. The summed E-state index contributed by atoms with van der Waals surface area (Å²) in [6, 6.07) is 5.13. The van der Waals surface area contributed by atoms with Gasteiger partial charge in [0.05, 0.1) is 5.69 Å². The monoisotopic (exact) mass is 264 g/mol. The lowest BCUT2D eigenvalue weighted by molar-refractivity contribution is 0.0547. The minimum absolute atomic E-state index is 0.108. The minimum Gasteiger partial charge on any atom is -0.477 e. The number of carboxylic acids is 1. The molecule has 0 aliphatic carbocycles. The van der Waals surface area contributed by atoms with Crippen LogP contribution in [0, 0.1) is 5.92 Å². The summed E-state index contributed by atoms with van der Waals surface area (Å²) < 4.78 is 5.35. The van der Waals surface area contributed by atoms with Crippen LogP contribution in [0.15, 0.2) is 18.2 Å². The Morgan fingerprint density at radius 2 is 2.21 bits per heavy atom. The van der Waals surface area contributed by atoms with E-state index in [1.807, 2.05) is 13.1 Å². The quantitative estimate of drug-likeness (QED) is 0.876. The number of hydrogen-bond acceptors (Lipinski definition) is 4. The van der Waals surface area contributed by atoms with Crippen LogP contribution in [0.1, 0.15) is 29.0 Å². The summed E-state index contributed by atoms with van der Waals surface area (Å²) in [5.41, 5.74) is 0.909. The van der Waals surface area contributed by atoms with Gasteiger partial charge in [-0.15, -0.1) is 0 Å². The van der Waals surface area contributed by atoms with E-state index in [9.17, 15) is 4.79 Å². The summed E-state index contributed by atoms with van der Waals surface area (Å²) in [4.78, 5) is 17.2. The molecule has 0 radical (unpaired) electrons. The standard InChI is InChI=1S/C14H20N2O3/c1-16(9-11-5-7-19-8-6-11)10-12-3-2-4-13(15-12)14(17)18/h2-4,11H,5-10H2,1H3,(H,17,18). The Balaban J connectivity index is 1.88. The molecule has 1 aliphatic heterocycles. The molecule has 2 rings (SSSR count). The van der Waals surface area contributed by atoms with Crippen LogP contribution in [-0.4, -0.2) is 47.8 Å². The van der Waals surface area contributed by atoms with Gasteiger partial charge in [0.2, 0.25) is 0 Å². The summed E-state index contributed by atoms with van der Waals surface area (Å²) in [6.07, 6.45) is 2.21. The molecule has 1 fully saturated rings. The first-order valence-electron chi connectivity index (χ1n) is 6.60. The molecule has 19 heavy (non-hydrogen) atoms. The molecule has 1 aromatic heterocycles. The van der Waals surface area contributed by atoms with Crippen molar-refractivity contribution in [2.45, 2.75) is 19.4 Å². The van der Waals surface area contributed by atoms with E-state index in [1.165, 1.54) is 6.07 Å². The van der Waals surface area contributed by atoms with Crippen LogP contribution in [0.3, 0.4) is 0 Å². The lowest BCUT2D eigenvalue weighted by atomic mass is 10.00. The van der Waals surface area contributed by atoms with E-state index in [4.69, 9.17) is 9.84 Å². The fourth-order valence-corrected chi connectivity index (χ4v) is 2.40. The van der Waals surface area contributed by atoms with Crippen LogP contribution in [0.4, 0.5) is 0 Å². The van der Waals surface area contributed by atoms with Gasteiger partial charge in [-0.3, -0.25) is 0 Å². The molecule has 2 heterocycles. The number of pyridine rings is 1. The molecule has 1 saturated heterocycles. The number of rotatable bonds is 5. The fraction of sp³-hybridized carbons (Fsp3) is 0.571. The maximum Gasteiger partial charge on any atom is 0.354 e. The summed E-state index contributed by atoms with van der Waals surface area (Å²) in [7, 11) is 2.05. The molecule has 0 spiro atoms. The predicted octanol–water partition coefficient (Wildman–Crippen LogP) is 1.64. The van der Waals surface area contributed by atoms with Crippen molar-refractivity contribution in [2.24, 2.45) is 5.92 Å². The average Bonchev–Trinajstić information content (AvgIpc) is 2.40. The molecule has 0 unspecified atom stereocenters. The topological polar surface area (TPSA) is 62.7 Å². The van der Waals surface area contributed by atoms with Crippen molar-refractivity contribution in [3.63, 3.8) is 0 Å². The Bertz CT molecular complexity index is 430. The molecule has 104 valence electrons. The molecule has 1 aliphatic rings. The van der Waals surface area contributed by atoms with Crippen molar-refractivity contribution in [3.8, 4) is 0 Å². The molecule has 1 N–H and O–H groups in total. The largest absolute Gasteiger partial charge is 0.477 e. The number of aromatic carboxylic acids is 1. The van der Waals surface area contributed by atoms with Gasteiger partial charge in [0.1, 0.15) is 5.69 Å². The first-order chi connectivity index (χ1) is 9.15. The van der Waals surface area contributed by atoms with Crippen molar-refractivity contribution in [1.82, 2.24) is 9.88 Å². The summed E-state index contributed by atoms with van der Waals surface area (Å²) >= 11 is 0. The van der Waals surface area contributed by atoms with Crippen LogP contribution >= 0.6 is 0 Å². The highest BCUT2D eigenvalue weighted by atomic mass is 16.5. The van der Waals surface area contributed by atoms with E-state index in [1.54, 1.807) is 6.07 Å². The van der Waals surface area contributed by atoms with Crippen LogP contribution < -0.4 is 0 Å². The van der Waals surface area contributed by atoms with E-state index in [0.29, 0.717) is 12.5 Å². The van der Waals surface area contributed by atoms with Crippen LogP contribution in [0.5, 0.6) is 0 Å². The van der Waals surface area contributed by atoms with Gasteiger partial charge in [-0.25, -0.2) is 9.78 Å². The average molecular weight is 264 g/mol. The molecule has 0 bridgehead atoms. The highest BCUT2D eigenvalue weighted by Crippen LogP contribution is 2.16. The summed E-state index contributed by atoms with van der Waals surface area (Å²) in [5.74, 6) is -0.310. The molecule has 5 nitrogen and oxygen atoms in total. The Morgan fingerprint density at radius 1 is 1.47 bits per heavy atom. The number of nitrogens with zero attached hydrogens (tertiary/aromatic N) is 2. The molecular weight excluding hydrogens is 244 g/mol. The third-order valence-corrected chi connectivity index (χ3v) is 3.37. The number of aromatic nitrogens is 1. The van der Waals surface area contributed by atoms with Crippen molar-refractivity contribution in [3.05, 3.63) is 29.6 Å². The maximum atomic E-state index is 10.9. The number of hydrogen-bond donors (Lipinski definition) is 1. The highest BCUT2D eigenvalue weighted by molar-refractivity contribution is 5.85. The van der Waals surface area contributed by atoms with Gasteiger partial charge in [-0.2, -0.15) is 0 Å². The Kier molecular flexibility index (Phi) is 4.87. The molecular formula is C14H20N2O3. The van der Waals surface area contributed by atoms with Crippen LogP contribution in [-0.2, 0) is 11.3 Å². The first-order valence-corrected chi connectivity index (χ1v) is 6.60.